The van der Waals surface area contributed by atoms with Crippen LogP contribution in [0.25, 0.3) is 0 Å². The van der Waals surface area contributed by atoms with Crippen LogP contribution >= 0.6 is 11.6 Å². The van der Waals surface area contributed by atoms with Gasteiger partial charge >= 0.3 is 0 Å². The fourth-order valence-corrected chi connectivity index (χ4v) is 2.84. The van der Waals surface area contributed by atoms with Crippen molar-refractivity contribution < 1.29 is 9.18 Å². The van der Waals surface area contributed by atoms with Crippen molar-refractivity contribution in [1.29, 1.82) is 0 Å². The number of likely N-dealkylation sites (tertiary alicyclic amines) is 1. The van der Waals surface area contributed by atoms with Gasteiger partial charge < -0.3 is 10.2 Å². The van der Waals surface area contributed by atoms with Crippen LogP contribution < -0.4 is 5.32 Å². The highest BCUT2D eigenvalue weighted by Gasteiger charge is 2.16. The molecule has 1 heterocycles. The van der Waals surface area contributed by atoms with Crippen molar-refractivity contribution in [1.82, 2.24) is 10.2 Å². The standard InChI is InChI=1S/C15H20ClFN2O/c1-11-3-2-7-19(10-11)8-6-18-15(20)13-5-4-12(17)9-14(13)16/h4-5,9,11H,2-3,6-8,10H2,1H3,(H,18,20)/t11-/m0/s1. The first-order chi connectivity index (χ1) is 9.56. The van der Waals surface area contributed by atoms with Crippen molar-refractivity contribution in [2.24, 2.45) is 5.92 Å². The molecular weight excluding hydrogens is 279 g/mol. The summed E-state index contributed by atoms with van der Waals surface area (Å²) in [5.74, 6) is 0.0416. The van der Waals surface area contributed by atoms with Gasteiger partial charge in [-0.2, -0.15) is 0 Å². The predicted octanol–water partition coefficient (Wildman–Crippen LogP) is 2.94. The van der Waals surface area contributed by atoms with Crippen molar-refractivity contribution >= 4 is 17.5 Å². The molecule has 1 aromatic rings. The summed E-state index contributed by atoms with van der Waals surface area (Å²) in [5.41, 5.74) is 0.320. The average molecular weight is 299 g/mol. The van der Waals surface area contributed by atoms with Gasteiger partial charge in [-0.15, -0.1) is 0 Å². The fourth-order valence-electron chi connectivity index (χ4n) is 2.59. The zero-order valence-electron chi connectivity index (χ0n) is 11.7. The molecule has 1 aliphatic heterocycles. The quantitative estimate of drug-likeness (QED) is 0.927. The third-order valence-electron chi connectivity index (χ3n) is 3.63. The second kappa shape index (κ2) is 7.04. The minimum absolute atomic E-state index is 0.147. The Balaban J connectivity index is 1.80. The van der Waals surface area contributed by atoms with Gasteiger partial charge in [0, 0.05) is 19.6 Å². The second-order valence-corrected chi connectivity index (χ2v) is 5.84. The van der Waals surface area contributed by atoms with Gasteiger partial charge in [0.1, 0.15) is 5.82 Å². The number of nitrogens with zero attached hydrogens (tertiary/aromatic N) is 1. The van der Waals surface area contributed by atoms with Crippen LogP contribution in [0.2, 0.25) is 5.02 Å². The van der Waals surface area contributed by atoms with E-state index >= 15 is 0 Å². The lowest BCUT2D eigenvalue weighted by Crippen LogP contribution is -2.40. The number of hydrogen-bond acceptors (Lipinski definition) is 2. The van der Waals surface area contributed by atoms with Crippen LogP contribution in [0, 0.1) is 11.7 Å². The molecule has 0 aliphatic carbocycles. The molecule has 1 aliphatic rings. The molecule has 2 rings (SSSR count). The number of rotatable bonds is 4. The van der Waals surface area contributed by atoms with Gasteiger partial charge in [-0.05, 0) is 43.5 Å². The van der Waals surface area contributed by atoms with Crippen LogP contribution in [0.1, 0.15) is 30.1 Å². The first-order valence-corrected chi connectivity index (χ1v) is 7.39. The number of carbonyl (C=O) groups is 1. The summed E-state index contributed by atoms with van der Waals surface area (Å²) in [7, 11) is 0. The lowest BCUT2D eigenvalue weighted by Gasteiger charge is -2.30. The highest BCUT2D eigenvalue weighted by Crippen LogP contribution is 2.17. The molecule has 0 spiro atoms. The Morgan fingerprint density at radius 2 is 2.35 bits per heavy atom. The Morgan fingerprint density at radius 1 is 1.55 bits per heavy atom. The number of halogens is 2. The minimum Gasteiger partial charge on any atom is -0.351 e. The number of nitrogens with one attached hydrogen (secondary N) is 1. The highest BCUT2D eigenvalue weighted by molar-refractivity contribution is 6.33. The highest BCUT2D eigenvalue weighted by atomic mass is 35.5. The van der Waals surface area contributed by atoms with E-state index in [-0.39, 0.29) is 10.9 Å². The van der Waals surface area contributed by atoms with Crippen molar-refractivity contribution in [3.8, 4) is 0 Å². The molecule has 5 heteroatoms. The molecular formula is C15H20ClFN2O. The molecule has 1 atom stereocenters. The normalized spacial score (nSPS) is 19.9. The molecule has 0 unspecified atom stereocenters. The molecule has 0 bridgehead atoms. The first kappa shape index (κ1) is 15.3. The van der Waals surface area contributed by atoms with E-state index in [9.17, 15) is 9.18 Å². The van der Waals surface area contributed by atoms with Crippen LogP contribution in [0.15, 0.2) is 18.2 Å². The second-order valence-electron chi connectivity index (χ2n) is 5.43. The summed E-state index contributed by atoms with van der Waals surface area (Å²) in [6.07, 6.45) is 2.51. The van der Waals surface area contributed by atoms with E-state index in [1.807, 2.05) is 0 Å². The Labute approximate surface area is 124 Å². The molecule has 0 radical (unpaired) electrons. The Bertz CT molecular complexity index is 481. The average Bonchev–Trinajstić information content (AvgIpc) is 2.38. The molecule has 0 aromatic heterocycles. The van der Waals surface area contributed by atoms with Crippen molar-refractivity contribution in [2.75, 3.05) is 26.2 Å². The molecule has 3 nitrogen and oxygen atoms in total. The Kier molecular flexibility index (Phi) is 5.38. The lowest BCUT2D eigenvalue weighted by molar-refractivity contribution is 0.0944. The molecule has 20 heavy (non-hydrogen) atoms. The van der Waals surface area contributed by atoms with E-state index in [4.69, 9.17) is 11.6 Å². The summed E-state index contributed by atoms with van der Waals surface area (Å²) in [5, 5.41) is 2.98. The van der Waals surface area contributed by atoms with Gasteiger partial charge in [-0.25, -0.2) is 4.39 Å². The third kappa shape index (κ3) is 4.18. The van der Waals surface area contributed by atoms with Gasteiger partial charge in [0.25, 0.3) is 5.91 Å². The van der Waals surface area contributed by atoms with Crippen LogP contribution in [0.5, 0.6) is 0 Å². The van der Waals surface area contributed by atoms with E-state index in [0.29, 0.717) is 12.1 Å². The van der Waals surface area contributed by atoms with Gasteiger partial charge in [0.15, 0.2) is 0 Å². The van der Waals surface area contributed by atoms with E-state index in [1.165, 1.54) is 25.0 Å². The van der Waals surface area contributed by atoms with Crippen LogP contribution in [-0.4, -0.2) is 37.0 Å². The molecule has 1 N–H and O–H groups in total. The van der Waals surface area contributed by atoms with E-state index in [1.54, 1.807) is 0 Å². The van der Waals surface area contributed by atoms with Crippen molar-refractivity contribution in [3.63, 3.8) is 0 Å². The molecule has 1 aromatic carbocycles. The molecule has 0 saturated carbocycles. The minimum atomic E-state index is -0.436. The number of benzene rings is 1. The SMILES string of the molecule is C[C@H]1CCCN(CCNC(=O)c2ccc(F)cc2Cl)C1. The van der Waals surface area contributed by atoms with E-state index in [0.717, 1.165) is 31.6 Å². The topological polar surface area (TPSA) is 32.3 Å². The maximum absolute atomic E-state index is 12.9. The lowest BCUT2D eigenvalue weighted by atomic mass is 10.0. The maximum Gasteiger partial charge on any atom is 0.252 e. The zero-order chi connectivity index (χ0) is 14.5. The van der Waals surface area contributed by atoms with Crippen molar-refractivity contribution in [2.45, 2.75) is 19.8 Å². The summed E-state index contributed by atoms with van der Waals surface area (Å²) in [6.45, 7) is 5.86. The molecule has 1 fully saturated rings. The first-order valence-electron chi connectivity index (χ1n) is 7.02. The van der Waals surface area contributed by atoms with Gasteiger partial charge in [-0.3, -0.25) is 4.79 Å². The molecule has 110 valence electrons. The summed E-state index contributed by atoms with van der Waals surface area (Å²) in [6, 6.07) is 3.81. The van der Waals surface area contributed by atoms with Crippen LogP contribution in [0.3, 0.4) is 0 Å². The number of amides is 1. The number of carbonyl (C=O) groups excluding carboxylic acids is 1. The third-order valence-corrected chi connectivity index (χ3v) is 3.94. The smallest absolute Gasteiger partial charge is 0.252 e. The summed E-state index contributed by atoms with van der Waals surface area (Å²) >= 11 is 5.86. The van der Waals surface area contributed by atoms with E-state index < -0.39 is 5.82 Å². The fraction of sp³-hybridized carbons (Fsp3) is 0.533. The number of hydrogen-bond donors (Lipinski definition) is 1. The summed E-state index contributed by atoms with van der Waals surface area (Å²) < 4.78 is 12.9. The molecule has 1 amide bonds. The van der Waals surface area contributed by atoms with Crippen molar-refractivity contribution in [3.05, 3.63) is 34.6 Å². The summed E-state index contributed by atoms with van der Waals surface area (Å²) in [4.78, 5) is 14.3. The Hall–Kier alpha value is -1.13. The zero-order valence-corrected chi connectivity index (χ0v) is 12.4. The van der Waals surface area contributed by atoms with E-state index in [2.05, 4.69) is 17.1 Å². The molecule has 1 saturated heterocycles. The van der Waals surface area contributed by atoms with Gasteiger partial charge in [-0.1, -0.05) is 18.5 Å². The largest absolute Gasteiger partial charge is 0.351 e. The van der Waals surface area contributed by atoms with Gasteiger partial charge in [0.2, 0.25) is 0 Å². The predicted molar refractivity (Wildman–Crippen MR) is 78.6 cm³/mol. The Morgan fingerprint density at radius 3 is 3.05 bits per heavy atom. The monoisotopic (exact) mass is 298 g/mol. The van der Waals surface area contributed by atoms with Crippen LogP contribution in [0.4, 0.5) is 4.39 Å². The van der Waals surface area contributed by atoms with Crippen LogP contribution in [-0.2, 0) is 0 Å². The number of piperidine rings is 1. The van der Waals surface area contributed by atoms with Gasteiger partial charge in [0.05, 0.1) is 10.6 Å². The maximum atomic E-state index is 12.9.